The average molecular weight is 340 g/mol. The number of amides is 1. The van der Waals surface area contributed by atoms with Gasteiger partial charge in [-0.3, -0.25) is 9.69 Å². The first-order chi connectivity index (χ1) is 11.6. The van der Waals surface area contributed by atoms with Crippen molar-refractivity contribution in [1.29, 1.82) is 0 Å². The molecule has 1 aliphatic heterocycles. The van der Waals surface area contributed by atoms with Crippen LogP contribution in [0.3, 0.4) is 0 Å². The number of ether oxygens (including phenoxy) is 1. The third-order valence-electron chi connectivity index (χ3n) is 3.66. The topological polar surface area (TPSA) is 61.8 Å². The van der Waals surface area contributed by atoms with Gasteiger partial charge < -0.3 is 15.2 Å². The number of phenols is 1. The molecule has 1 saturated heterocycles. The molecule has 1 amide bonds. The quantitative estimate of drug-likeness (QED) is 0.662. The van der Waals surface area contributed by atoms with Crippen LogP contribution >= 0.6 is 12.2 Å². The highest BCUT2D eigenvalue weighted by Gasteiger charge is 2.30. The molecule has 1 aliphatic rings. The van der Waals surface area contributed by atoms with Crippen LogP contribution in [0.25, 0.3) is 6.08 Å². The normalized spacial score (nSPS) is 15.7. The average Bonchev–Trinajstić information content (AvgIpc) is 2.85. The van der Waals surface area contributed by atoms with Crippen molar-refractivity contribution in [3.8, 4) is 11.5 Å². The number of thiocarbonyl (C=S) groups is 1. The summed E-state index contributed by atoms with van der Waals surface area (Å²) < 4.78 is 5.08. The van der Waals surface area contributed by atoms with Crippen LogP contribution in [0.5, 0.6) is 11.5 Å². The van der Waals surface area contributed by atoms with E-state index in [1.54, 1.807) is 18.2 Å². The predicted octanol–water partition coefficient (Wildman–Crippen LogP) is 2.66. The summed E-state index contributed by atoms with van der Waals surface area (Å²) in [5, 5.41) is 13.0. The number of methoxy groups -OCH3 is 1. The number of nitrogens with one attached hydrogen (secondary N) is 1. The summed E-state index contributed by atoms with van der Waals surface area (Å²) in [7, 11) is 1.47. The third-order valence-corrected chi connectivity index (χ3v) is 3.98. The molecule has 2 N–H and O–H groups in total. The second-order valence-electron chi connectivity index (χ2n) is 5.30. The fraction of sp³-hybridized carbons (Fsp3) is 0.111. The highest BCUT2D eigenvalue weighted by molar-refractivity contribution is 7.80. The van der Waals surface area contributed by atoms with Gasteiger partial charge in [-0.2, -0.15) is 0 Å². The molecule has 0 aliphatic carbocycles. The minimum atomic E-state index is -0.184. The lowest BCUT2D eigenvalue weighted by molar-refractivity contribution is -0.122. The fourth-order valence-electron chi connectivity index (χ4n) is 2.43. The van der Waals surface area contributed by atoms with Crippen molar-refractivity contribution < 1.29 is 14.6 Å². The molecule has 0 bridgehead atoms. The molecule has 1 fully saturated rings. The number of rotatable bonds is 4. The number of carbonyl (C=O) groups is 1. The van der Waals surface area contributed by atoms with Gasteiger partial charge >= 0.3 is 0 Å². The number of aromatic hydroxyl groups is 1. The van der Waals surface area contributed by atoms with E-state index in [-0.39, 0.29) is 11.7 Å². The number of hydrogen-bond acceptors (Lipinski definition) is 4. The minimum absolute atomic E-state index is 0.0478. The second-order valence-corrected chi connectivity index (χ2v) is 5.68. The van der Waals surface area contributed by atoms with Crippen LogP contribution in [0.2, 0.25) is 0 Å². The van der Waals surface area contributed by atoms with E-state index in [1.807, 2.05) is 30.3 Å². The Labute approximate surface area is 145 Å². The zero-order valence-corrected chi connectivity index (χ0v) is 13.8. The van der Waals surface area contributed by atoms with Crippen molar-refractivity contribution in [2.24, 2.45) is 0 Å². The maximum absolute atomic E-state index is 12.6. The molecule has 1 heterocycles. The Morgan fingerprint density at radius 1 is 1.25 bits per heavy atom. The highest BCUT2D eigenvalue weighted by atomic mass is 32.1. The molecule has 6 heteroatoms. The van der Waals surface area contributed by atoms with Crippen LogP contribution in [0.4, 0.5) is 0 Å². The highest BCUT2D eigenvalue weighted by Crippen LogP contribution is 2.27. The zero-order valence-electron chi connectivity index (χ0n) is 13.0. The van der Waals surface area contributed by atoms with E-state index in [0.29, 0.717) is 23.1 Å². The summed E-state index contributed by atoms with van der Waals surface area (Å²) in [6.45, 7) is 0.418. The Balaban J connectivity index is 1.83. The van der Waals surface area contributed by atoms with Crippen LogP contribution < -0.4 is 10.1 Å². The smallest absolute Gasteiger partial charge is 0.276 e. The van der Waals surface area contributed by atoms with Crippen molar-refractivity contribution in [3.63, 3.8) is 0 Å². The molecule has 0 spiro atoms. The molecule has 2 aromatic rings. The molecule has 0 atom stereocenters. The van der Waals surface area contributed by atoms with Gasteiger partial charge in [0.25, 0.3) is 5.91 Å². The van der Waals surface area contributed by atoms with Gasteiger partial charge in [0.1, 0.15) is 5.70 Å². The van der Waals surface area contributed by atoms with Gasteiger partial charge in [-0.15, -0.1) is 0 Å². The maximum atomic E-state index is 12.6. The molecular weight excluding hydrogens is 324 g/mol. The number of nitrogens with zero attached hydrogens (tertiary/aromatic N) is 1. The van der Waals surface area contributed by atoms with E-state index < -0.39 is 0 Å². The Hall–Kier alpha value is -2.86. The van der Waals surface area contributed by atoms with Gasteiger partial charge in [0.2, 0.25) is 0 Å². The van der Waals surface area contributed by atoms with E-state index in [2.05, 4.69) is 5.32 Å². The SMILES string of the molecule is COc1cc(C=C2NC(=S)N(Cc3ccccc3)C2=O)ccc1O. The first-order valence-electron chi connectivity index (χ1n) is 7.34. The Kier molecular flexibility index (Phi) is 4.48. The van der Waals surface area contributed by atoms with Crippen molar-refractivity contribution in [1.82, 2.24) is 10.2 Å². The molecule has 24 heavy (non-hydrogen) atoms. The molecular formula is C18H16N2O3S. The fourth-order valence-corrected chi connectivity index (χ4v) is 2.69. The molecule has 0 radical (unpaired) electrons. The Bertz CT molecular complexity index is 818. The van der Waals surface area contributed by atoms with E-state index in [1.165, 1.54) is 18.1 Å². The molecule has 3 rings (SSSR count). The monoisotopic (exact) mass is 340 g/mol. The molecule has 5 nitrogen and oxygen atoms in total. The number of benzene rings is 2. The molecule has 122 valence electrons. The summed E-state index contributed by atoms with van der Waals surface area (Å²) in [5.74, 6) is 0.209. The van der Waals surface area contributed by atoms with Gasteiger partial charge in [0.05, 0.1) is 13.7 Å². The standard InChI is InChI=1S/C18H16N2O3S/c1-23-16-10-13(7-8-15(16)21)9-14-17(22)20(18(24)19-14)11-12-5-3-2-4-6-12/h2-10,21H,11H2,1H3,(H,19,24). The van der Waals surface area contributed by atoms with Gasteiger partial charge in [-0.05, 0) is 41.6 Å². The van der Waals surface area contributed by atoms with E-state index in [9.17, 15) is 9.90 Å². The van der Waals surface area contributed by atoms with Crippen molar-refractivity contribution in [2.45, 2.75) is 6.54 Å². The van der Waals surface area contributed by atoms with E-state index in [0.717, 1.165) is 11.1 Å². The van der Waals surface area contributed by atoms with Crippen molar-refractivity contribution >= 4 is 29.3 Å². The molecule has 0 aromatic heterocycles. The van der Waals surface area contributed by atoms with Gasteiger partial charge in [0, 0.05) is 0 Å². The van der Waals surface area contributed by atoms with Crippen LogP contribution in [-0.2, 0) is 11.3 Å². The van der Waals surface area contributed by atoms with Crippen LogP contribution in [0.1, 0.15) is 11.1 Å². The van der Waals surface area contributed by atoms with Crippen LogP contribution in [0.15, 0.2) is 54.2 Å². The van der Waals surface area contributed by atoms with E-state index >= 15 is 0 Å². The predicted molar refractivity (Wildman–Crippen MR) is 95.4 cm³/mol. The largest absolute Gasteiger partial charge is 0.504 e. The number of phenolic OH excluding ortho intramolecular Hbond substituents is 1. The number of carbonyl (C=O) groups excluding carboxylic acids is 1. The van der Waals surface area contributed by atoms with Gasteiger partial charge in [-0.1, -0.05) is 36.4 Å². The molecule has 2 aromatic carbocycles. The minimum Gasteiger partial charge on any atom is -0.504 e. The lowest BCUT2D eigenvalue weighted by Crippen LogP contribution is -2.29. The second kappa shape index (κ2) is 6.72. The molecule has 0 saturated carbocycles. The summed E-state index contributed by atoms with van der Waals surface area (Å²) in [6.07, 6.45) is 1.68. The Morgan fingerprint density at radius 2 is 2.00 bits per heavy atom. The van der Waals surface area contributed by atoms with Crippen molar-refractivity contribution in [3.05, 3.63) is 65.4 Å². The summed E-state index contributed by atoms with van der Waals surface area (Å²) >= 11 is 5.27. The summed E-state index contributed by atoms with van der Waals surface area (Å²) in [6, 6.07) is 14.5. The third kappa shape index (κ3) is 3.23. The first-order valence-corrected chi connectivity index (χ1v) is 7.75. The van der Waals surface area contributed by atoms with Crippen LogP contribution in [-0.4, -0.2) is 28.1 Å². The first kappa shape index (κ1) is 16.0. The van der Waals surface area contributed by atoms with E-state index in [4.69, 9.17) is 17.0 Å². The zero-order chi connectivity index (χ0) is 17.1. The van der Waals surface area contributed by atoms with Crippen molar-refractivity contribution in [2.75, 3.05) is 7.11 Å². The summed E-state index contributed by atoms with van der Waals surface area (Å²) in [4.78, 5) is 14.1. The lowest BCUT2D eigenvalue weighted by Gasteiger charge is -2.13. The lowest BCUT2D eigenvalue weighted by atomic mass is 10.1. The summed E-state index contributed by atoms with van der Waals surface area (Å²) in [5.41, 5.74) is 2.12. The Morgan fingerprint density at radius 3 is 2.71 bits per heavy atom. The van der Waals surface area contributed by atoms with Crippen LogP contribution in [0, 0.1) is 0 Å². The van der Waals surface area contributed by atoms with Gasteiger partial charge in [-0.25, -0.2) is 0 Å². The van der Waals surface area contributed by atoms with Gasteiger partial charge in [0.15, 0.2) is 16.6 Å². The molecule has 0 unspecified atom stereocenters. The maximum Gasteiger partial charge on any atom is 0.276 e. The number of hydrogen-bond donors (Lipinski definition) is 2.